The molecule has 0 aliphatic rings. The summed E-state index contributed by atoms with van der Waals surface area (Å²) in [7, 11) is 0. The van der Waals surface area contributed by atoms with Crippen molar-refractivity contribution in [1.29, 1.82) is 0 Å². The summed E-state index contributed by atoms with van der Waals surface area (Å²) in [5.74, 6) is 0.437. The summed E-state index contributed by atoms with van der Waals surface area (Å²) in [6, 6.07) is 21.0. The Bertz CT molecular complexity index is 931. The zero-order valence-electron chi connectivity index (χ0n) is 16.1. The highest BCUT2D eigenvalue weighted by atomic mass is 16.5. The molecule has 3 rings (SSSR count). The van der Waals surface area contributed by atoms with Crippen LogP contribution in [0.25, 0.3) is 11.1 Å². The third-order valence-corrected chi connectivity index (χ3v) is 4.73. The van der Waals surface area contributed by atoms with Crippen LogP contribution in [0.15, 0.2) is 66.7 Å². The third-order valence-electron chi connectivity index (χ3n) is 4.73. The maximum absolute atomic E-state index is 12.3. The van der Waals surface area contributed by atoms with Gasteiger partial charge < -0.3 is 14.6 Å². The summed E-state index contributed by atoms with van der Waals surface area (Å²) in [5, 5.41) is 8.93. The SMILES string of the molecule is Cc1c(OCCO)ccc(-c2ccc(C(=O)OCc3ccccc3)cc2)c1C. The molecule has 4 heteroatoms. The highest BCUT2D eigenvalue weighted by Crippen LogP contribution is 2.31. The Balaban J connectivity index is 1.72. The van der Waals surface area contributed by atoms with Gasteiger partial charge in [-0.3, -0.25) is 0 Å². The fourth-order valence-electron chi connectivity index (χ4n) is 3.01. The van der Waals surface area contributed by atoms with Crippen LogP contribution in [0.5, 0.6) is 5.75 Å². The van der Waals surface area contributed by atoms with Crippen LogP contribution in [0, 0.1) is 13.8 Å². The number of hydrogen-bond donors (Lipinski definition) is 1. The lowest BCUT2D eigenvalue weighted by atomic mass is 9.96. The maximum Gasteiger partial charge on any atom is 0.338 e. The molecule has 0 saturated heterocycles. The van der Waals surface area contributed by atoms with Crippen LogP contribution in [-0.4, -0.2) is 24.3 Å². The number of rotatable bonds is 7. The normalized spacial score (nSPS) is 10.5. The van der Waals surface area contributed by atoms with Gasteiger partial charge >= 0.3 is 5.97 Å². The molecule has 1 N–H and O–H groups in total. The Kier molecular flexibility index (Phi) is 6.45. The van der Waals surface area contributed by atoms with E-state index in [1.54, 1.807) is 12.1 Å². The summed E-state index contributed by atoms with van der Waals surface area (Å²) in [5.41, 5.74) is 5.73. The van der Waals surface area contributed by atoms with Gasteiger partial charge in [0.05, 0.1) is 12.2 Å². The van der Waals surface area contributed by atoms with E-state index in [4.69, 9.17) is 14.6 Å². The van der Waals surface area contributed by atoms with Gasteiger partial charge in [0.2, 0.25) is 0 Å². The monoisotopic (exact) mass is 376 g/mol. The van der Waals surface area contributed by atoms with E-state index in [1.165, 1.54) is 0 Å². The van der Waals surface area contributed by atoms with Gasteiger partial charge in [0, 0.05) is 0 Å². The Morgan fingerprint density at radius 2 is 1.61 bits per heavy atom. The third kappa shape index (κ3) is 4.59. The van der Waals surface area contributed by atoms with Gasteiger partial charge in [0.25, 0.3) is 0 Å². The van der Waals surface area contributed by atoms with Crippen LogP contribution in [0.3, 0.4) is 0 Å². The van der Waals surface area contributed by atoms with Gasteiger partial charge in [-0.2, -0.15) is 0 Å². The molecule has 28 heavy (non-hydrogen) atoms. The Labute approximate surface area is 165 Å². The first kappa shape index (κ1) is 19.6. The first-order valence-corrected chi connectivity index (χ1v) is 9.25. The van der Waals surface area contributed by atoms with Gasteiger partial charge in [0.15, 0.2) is 0 Å². The van der Waals surface area contributed by atoms with E-state index in [1.807, 2.05) is 68.4 Å². The smallest absolute Gasteiger partial charge is 0.338 e. The predicted molar refractivity (Wildman–Crippen MR) is 109 cm³/mol. The van der Waals surface area contributed by atoms with Crippen molar-refractivity contribution in [1.82, 2.24) is 0 Å². The molecule has 0 unspecified atom stereocenters. The zero-order chi connectivity index (χ0) is 19.9. The highest BCUT2D eigenvalue weighted by molar-refractivity contribution is 5.90. The van der Waals surface area contributed by atoms with Crippen LogP contribution in [0.2, 0.25) is 0 Å². The van der Waals surface area contributed by atoms with Gasteiger partial charge in [0.1, 0.15) is 19.0 Å². The van der Waals surface area contributed by atoms with Crippen molar-refractivity contribution in [2.45, 2.75) is 20.5 Å². The number of esters is 1. The van der Waals surface area contributed by atoms with E-state index in [9.17, 15) is 4.79 Å². The second-order valence-electron chi connectivity index (χ2n) is 6.57. The van der Waals surface area contributed by atoms with Crippen molar-refractivity contribution in [3.63, 3.8) is 0 Å². The summed E-state index contributed by atoms with van der Waals surface area (Å²) >= 11 is 0. The average molecular weight is 376 g/mol. The molecule has 0 aliphatic carbocycles. The highest BCUT2D eigenvalue weighted by Gasteiger charge is 2.11. The molecule has 0 bridgehead atoms. The molecule has 3 aromatic carbocycles. The minimum absolute atomic E-state index is 0.0118. The average Bonchev–Trinajstić information content (AvgIpc) is 2.74. The number of carbonyl (C=O) groups excluding carboxylic acids is 1. The van der Waals surface area contributed by atoms with E-state index < -0.39 is 0 Å². The number of ether oxygens (including phenoxy) is 2. The van der Waals surface area contributed by atoms with Crippen LogP contribution in [0.1, 0.15) is 27.0 Å². The van der Waals surface area contributed by atoms with E-state index in [0.717, 1.165) is 33.6 Å². The van der Waals surface area contributed by atoms with Crippen LogP contribution < -0.4 is 4.74 Å². The molecule has 0 spiro atoms. The van der Waals surface area contributed by atoms with Gasteiger partial charge in [-0.25, -0.2) is 4.79 Å². The largest absolute Gasteiger partial charge is 0.491 e. The number of aliphatic hydroxyl groups is 1. The summed E-state index contributed by atoms with van der Waals surface area (Å²) in [4.78, 5) is 12.3. The van der Waals surface area contributed by atoms with Crippen molar-refractivity contribution >= 4 is 5.97 Å². The molecular weight excluding hydrogens is 352 g/mol. The second kappa shape index (κ2) is 9.20. The fraction of sp³-hybridized carbons (Fsp3) is 0.208. The van der Waals surface area contributed by atoms with E-state index in [0.29, 0.717) is 5.56 Å². The summed E-state index contributed by atoms with van der Waals surface area (Å²) < 4.78 is 10.9. The standard InChI is InChI=1S/C24H24O4/c1-17-18(2)23(27-15-14-25)13-12-22(17)20-8-10-21(11-9-20)24(26)28-16-19-6-4-3-5-7-19/h3-13,25H,14-16H2,1-2H3. The topological polar surface area (TPSA) is 55.8 Å². The molecule has 0 radical (unpaired) electrons. The second-order valence-corrected chi connectivity index (χ2v) is 6.57. The molecule has 0 saturated carbocycles. The van der Waals surface area contributed by atoms with Crippen molar-refractivity contribution in [3.8, 4) is 16.9 Å². The molecule has 0 amide bonds. The van der Waals surface area contributed by atoms with Crippen LogP contribution >= 0.6 is 0 Å². The quantitative estimate of drug-likeness (QED) is 0.608. The predicted octanol–water partition coefficient (Wildman–Crippen LogP) is 4.70. The Morgan fingerprint density at radius 1 is 0.893 bits per heavy atom. The molecule has 0 aliphatic heterocycles. The van der Waals surface area contributed by atoms with Crippen molar-refractivity contribution in [2.75, 3.05) is 13.2 Å². The van der Waals surface area contributed by atoms with E-state index in [-0.39, 0.29) is 25.8 Å². The van der Waals surface area contributed by atoms with Gasteiger partial charge in [-0.05, 0) is 59.9 Å². The molecular formula is C24H24O4. The number of hydrogen-bond acceptors (Lipinski definition) is 4. The first-order valence-electron chi connectivity index (χ1n) is 9.25. The molecule has 3 aromatic rings. The molecule has 0 aromatic heterocycles. The van der Waals surface area contributed by atoms with E-state index in [2.05, 4.69) is 0 Å². The Morgan fingerprint density at radius 3 is 2.29 bits per heavy atom. The van der Waals surface area contributed by atoms with Crippen molar-refractivity contribution in [2.24, 2.45) is 0 Å². The molecule has 0 fully saturated rings. The molecule has 144 valence electrons. The van der Waals surface area contributed by atoms with Crippen molar-refractivity contribution < 1.29 is 19.4 Å². The first-order chi connectivity index (χ1) is 13.6. The van der Waals surface area contributed by atoms with Crippen LogP contribution in [-0.2, 0) is 11.3 Å². The molecule has 0 heterocycles. The lowest BCUT2D eigenvalue weighted by molar-refractivity contribution is 0.0472. The summed E-state index contributed by atoms with van der Waals surface area (Å²) in [6.07, 6.45) is 0. The Hall–Kier alpha value is -3.11. The number of carbonyl (C=O) groups is 1. The number of aliphatic hydroxyl groups excluding tert-OH is 1. The van der Waals surface area contributed by atoms with E-state index >= 15 is 0 Å². The van der Waals surface area contributed by atoms with Crippen molar-refractivity contribution in [3.05, 3.63) is 89.0 Å². The van der Waals surface area contributed by atoms with Gasteiger partial charge in [-0.1, -0.05) is 48.5 Å². The molecule has 0 atom stereocenters. The summed E-state index contributed by atoms with van der Waals surface area (Å²) in [6.45, 7) is 4.57. The maximum atomic E-state index is 12.3. The van der Waals surface area contributed by atoms with Crippen LogP contribution in [0.4, 0.5) is 0 Å². The molecule has 4 nitrogen and oxygen atoms in total. The fourth-order valence-corrected chi connectivity index (χ4v) is 3.01. The number of benzene rings is 3. The minimum Gasteiger partial charge on any atom is -0.491 e. The minimum atomic E-state index is -0.337. The lowest BCUT2D eigenvalue weighted by Gasteiger charge is -2.14. The zero-order valence-corrected chi connectivity index (χ0v) is 16.1. The lowest BCUT2D eigenvalue weighted by Crippen LogP contribution is -2.05. The van der Waals surface area contributed by atoms with Gasteiger partial charge in [-0.15, -0.1) is 0 Å².